The van der Waals surface area contributed by atoms with E-state index >= 15 is 0 Å². The van der Waals surface area contributed by atoms with E-state index in [2.05, 4.69) is 0 Å². The van der Waals surface area contributed by atoms with Crippen molar-refractivity contribution in [3.05, 3.63) is 47.5 Å². The predicted octanol–water partition coefficient (Wildman–Crippen LogP) is 2.82. The maximum atomic E-state index is 13.7. The molecule has 0 aromatic heterocycles. The zero-order chi connectivity index (χ0) is 16.8. The Hall–Kier alpha value is -2.24. The van der Waals surface area contributed by atoms with Gasteiger partial charge in [-0.2, -0.15) is 0 Å². The Kier molecular flexibility index (Phi) is 5.84. The molecule has 0 aromatic carbocycles. The molecule has 6 heteroatoms. The molecule has 0 radical (unpaired) electrons. The topological polar surface area (TPSA) is 69.4 Å². The number of hydrogen-bond acceptors (Lipinski definition) is 3. The van der Waals surface area contributed by atoms with Crippen molar-refractivity contribution < 1.29 is 23.1 Å². The van der Waals surface area contributed by atoms with Gasteiger partial charge in [0.2, 0.25) is 5.91 Å². The minimum atomic E-state index is -1.46. The molecule has 2 N–H and O–H groups in total. The highest BCUT2D eigenvalue weighted by atomic mass is 19.1. The van der Waals surface area contributed by atoms with Gasteiger partial charge in [0.05, 0.1) is 11.5 Å². The third-order valence-electron chi connectivity index (χ3n) is 3.72. The number of amides is 1. The summed E-state index contributed by atoms with van der Waals surface area (Å²) in [7, 11) is 0. The third-order valence-corrected chi connectivity index (χ3v) is 3.72. The lowest BCUT2D eigenvalue weighted by Gasteiger charge is -2.23. The van der Waals surface area contributed by atoms with Crippen LogP contribution >= 0.6 is 0 Å². The summed E-state index contributed by atoms with van der Waals surface area (Å²) in [6.45, 7) is -0.194. The molecule has 2 unspecified atom stereocenters. The second-order valence-electron chi connectivity index (χ2n) is 5.45. The van der Waals surface area contributed by atoms with Crippen molar-refractivity contribution in [3.63, 3.8) is 0 Å². The first-order valence-corrected chi connectivity index (χ1v) is 7.52. The number of ether oxygens (including phenoxy) is 1. The first-order valence-electron chi connectivity index (χ1n) is 7.52. The smallest absolute Gasteiger partial charge is 0.217 e. The summed E-state index contributed by atoms with van der Waals surface area (Å²) in [5.41, 5.74) is 5.39. The van der Waals surface area contributed by atoms with E-state index in [1.54, 1.807) is 12.2 Å². The van der Waals surface area contributed by atoms with Crippen LogP contribution in [-0.2, 0) is 14.3 Å². The van der Waals surface area contributed by atoms with Crippen LogP contribution in [0.3, 0.4) is 0 Å². The number of carbonyl (C=O) groups excluding carboxylic acids is 2. The largest absolute Gasteiger partial charge is 0.492 e. The molecule has 0 fully saturated rings. The van der Waals surface area contributed by atoms with Crippen molar-refractivity contribution in [2.75, 3.05) is 6.61 Å². The number of rotatable bonds is 7. The van der Waals surface area contributed by atoms with E-state index in [-0.39, 0.29) is 25.2 Å². The highest BCUT2D eigenvalue weighted by Gasteiger charge is 2.28. The quantitative estimate of drug-likeness (QED) is 0.783. The zero-order valence-corrected chi connectivity index (χ0v) is 12.6. The Balaban J connectivity index is 1.97. The second-order valence-corrected chi connectivity index (χ2v) is 5.45. The third kappa shape index (κ3) is 4.61. The number of hydrogen-bond donors (Lipinski definition) is 1. The summed E-state index contributed by atoms with van der Waals surface area (Å²) in [5, 5.41) is 0. The van der Waals surface area contributed by atoms with Gasteiger partial charge in [0, 0.05) is 12.8 Å². The standard InChI is InChI=1S/C17H19F2NO3/c18-13-5-3-6-14(19)12(13)10-23-16-7-2-1-4-11(16)15(21)8-9-17(20)22/h3-7,12-13H,1-2,8-10H2,(H2,20,22). The van der Waals surface area contributed by atoms with Gasteiger partial charge in [0.15, 0.2) is 5.78 Å². The number of primary amides is 1. The lowest BCUT2D eigenvalue weighted by Crippen LogP contribution is -2.23. The van der Waals surface area contributed by atoms with Crippen molar-refractivity contribution >= 4 is 11.7 Å². The van der Waals surface area contributed by atoms with Crippen LogP contribution in [0, 0.1) is 5.92 Å². The average molecular weight is 323 g/mol. The molecular weight excluding hydrogens is 304 g/mol. The Labute approximate surface area is 133 Å². The van der Waals surface area contributed by atoms with E-state index in [0.717, 1.165) is 0 Å². The molecular formula is C17H19F2NO3. The number of Topliss-reactive ketones (excluding diaryl/α,β-unsaturated/α-hetero) is 1. The second kappa shape index (κ2) is 7.85. The van der Waals surface area contributed by atoms with E-state index in [4.69, 9.17) is 10.5 Å². The van der Waals surface area contributed by atoms with Crippen LogP contribution in [-0.4, -0.2) is 24.5 Å². The van der Waals surface area contributed by atoms with Crippen LogP contribution in [0.4, 0.5) is 8.78 Å². The molecule has 0 saturated carbocycles. The van der Waals surface area contributed by atoms with E-state index in [0.29, 0.717) is 24.2 Å². The maximum absolute atomic E-state index is 13.7. The highest BCUT2D eigenvalue weighted by Crippen LogP contribution is 2.28. The fourth-order valence-corrected chi connectivity index (χ4v) is 2.43. The molecule has 2 rings (SSSR count). The van der Waals surface area contributed by atoms with Crippen LogP contribution in [0.1, 0.15) is 25.7 Å². The van der Waals surface area contributed by atoms with Crippen molar-refractivity contribution in [1.29, 1.82) is 0 Å². The van der Waals surface area contributed by atoms with Gasteiger partial charge in [-0.15, -0.1) is 0 Å². The molecule has 0 saturated heterocycles. The first kappa shape index (κ1) is 17.1. The van der Waals surface area contributed by atoms with Gasteiger partial charge < -0.3 is 10.5 Å². The van der Waals surface area contributed by atoms with E-state index in [1.807, 2.05) is 0 Å². The Morgan fingerprint density at radius 2 is 2.00 bits per heavy atom. The van der Waals surface area contributed by atoms with Gasteiger partial charge in [0.1, 0.15) is 24.4 Å². The van der Waals surface area contributed by atoms with Crippen LogP contribution < -0.4 is 5.73 Å². The molecule has 124 valence electrons. The molecule has 0 bridgehead atoms. The zero-order valence-electron chi connectivity index (χ0n) is 12.6. The molecule has 2 aliphatic carbocycles. The predicted molar refractivity (Wildman–Crippen MR) is 81.5 cm³/mol. The number of allylic oxidation sites excluding steroid dienone is 6. The Bertz CT molecular complexity index is 605. The molecule has 2 aliphatic rings. The molecule has 0 aliphatic heterocycles. The summed E-state index contributed by atoms with van der Waals surface area (Å²) in [5.74, 6) is -2.08. The van der Waals surface area contributed by atoms with Gasteiger partial charge in [0.25, 0.3) is 0 Å². The number of nitrogens with two attached hydrogens (primary N) is 1. The Morgan fingerprint density at radius 1 is 1.26 bits per heavy atom. The van der Waals surface area contributed by atoms with Crippen LogP contribution in [0.15, 0.2) is 47.5 Å². The van der Waals surface area contributed by atoms with E-state index in [9.17, 15) is 18.4 Å². The van der Waals surface area contributed by atoms with Crippen LogP contribution in [0.25, 0.3) is 0 Å². The summed E-state index contributed by atoms with van der Waals surface area (Å²) >= 11 is 0. The fourth-order valence-electron chi connectivity index (χ4n) is 2.43. The SMILES string of the molecule is NC(=O)CCC(=O)C1=CCCC=C1OCC1C(F)=CC=CC1F. The first-order chi connectivity index (χ1) is 11.0. The molecule has 2 atom stereocenters. The summed E-state index contributed by atoms with van der Waals surface area (Å²) in [6.07, 6.45) is 7.10. The lowest BCUT2D eigenvalue weighted by atomic mass is 9.97. The monoisotopic (exact) mass is 323 g/mol. The molecule has 0 aromatic rings. The Morgan fingerprint density at radius 3 is 2.70 bits per heavy atom. The molecule has 4 nitrogen and oxygen atoms in total. The van der Waals surface area contributed by atoms with Crippen LogP contribution in [0.5, 0.6) is 0 Å². The van der Waals surface area contributed by atoms with E-state index in [1.165, 1.54) is 18.2 Å². The molecule has 0 spiro atoms. The van der Waals surface area contributed by atoms with Crippen molar-refractivity contribution in [2.45, 2.75) is 31.9 Å². The normalized spacial score (nSPS) is 23.7. The summed E-state index contributed by atoms with van der Waals surface area (Å²) in [4.78, 5) is 22.9. The van der Waals surface area contributed by atoms with Crippen molar-refractivity contribution in [3.8, 4) is 0 Å². The molecule has 1 amide bonds. The van der Waals surface area contributed by atoms with Gasteiger partial charge in [-0.25, -0.2) is 8.78 Å². The van der Waals surface area contributed by atoms with Gasteiger partial charge in [-0.05, 0) is 31.1 Å². The van der Waals surface area contributed by atoms with Crippen molar-refractivity contribution in [2.24, 2.45) is 11.7 Å². The summed E-state index contributed by atoms with van der Waals surface area (Å²) < 4.78 is 32.9. The molecule has 23 heavy (non-hydrogen) atoms. The highest BCUT2D eigenvalue weighted by molar-refractivity contribution is 6.00. The lowest BCUT2D eigenvalue weighted by molar-refractivity contribution is -0.122. The summed E-state index contributed by atoms with van der Waals surface area (Å²) in [6, 6.07) is 0. The van der Waals surface area contributed by atoms with E-state index < -0.39 is 23.8 Å². The number of halogens is 2. The molecule has 0 heterocycles. The van der Waals surface area contributed by atoms with Gasteiger partial charge in [-0.3, -0.25) is 9.59 Å². The van der Waals surface area contributed by atoms with Crippen LogP contribution in [0.2, 0.25) is 0 Å². The fraction of sp³-hybridized carbons (Fsp3) is 0.412. The number of carbonyl (C=O) groups is 2. The average Bonchev–Trinajstić information content (AvgIpc) is 2.52. The number of alkyl halides is 1. The minimum absolute atomic E-state index is 0.00592. The minimum Gasteiger partial charge on any atom is -0.492 e. The van der Waals surface area contributed by atoms with Gasteiger partial charge in [-0.1, -0.05) is 12.2 Å². The number of ketones is 1. The maximum Gasteiger partial charge on any atom is 0.217 e. The van der Waals surface area contributed by atoms with Gasteiger partial charge >= 0.3 is 0 Å². The van der Waals surface area contributed by atoms with Crippen molar-refractivity contribution in [1.82, 2.24) is 0 Å².